The minimum Gasteiger partial charge on any atom is -0.372 e. The zero-order valence-corrected chi connectivity index (χ0v) is 13.1. The molecule has 2 N–H and O–H groups in total. The first-order valence-electron chi connectivity index (χ1n) is 7.37. The molecule has 4 nitrogen and oxygen atoms in total. The lowest BCUT2D eigenvalue weighted by Crippen LogP contribution is -2.11. The van der Waals surface area contributed by atoms with Gasteiger partial charge in [0.05, 0.1) is 22.5 Å². The third kappa shape index (κ3) is 2.79. The van der Waals surface area contributed by atoms with E-state index in [0.29, 0.717) is 22.9 Å². The van der Waals surface area contributed by atoms with E-state index in [1.165, 1.54) is 0 Å². The Morgan fingerprint density at radius 3 is 2.59 bits per heavy atom. The molecule has 0 bridgehead atoms. The Hall–Kier alpha value is -1.69. The van der Waals surface area contributed by atoms with Gasteiger partial charge in [0.25, 0.3) is 0 Å². The lowest BCUT2D eigenvalue weighted by Gasteiger charge is -2.13. The van der Waals surface area contributed by atoms with Crippen molar-refractivity contribution in [2.75, 3.05) is 13.2 Å². The average molecular weight is 317 g/mol. The summed E-state index contributed by atoms with van der Waals surface area (Å²) in [6.45, 7) is 1.01. The summed E-state index contributed by atoms with van der Waals surface area (Å²) >= 11 is 0. The lowest BCUT2D eigenvalue weighted by atomic mass is 10.1. The highest BCUT2D eigenvalue weighted by Gasteiger charge is 2.26. The second kappa shape index (κ2) is 6.20. The van der Waals surface area contributed by atoms with Crippen molar-refractivity contribution in [3.8, 4) is 0 Å². The monoisotopic (exact) mass is 317 g/mol. The highest BCUT2D eigenvalue weighted by Crippen LogP contribution is 2.36. The molecule has 0 radical (unpaired) electrons. The summed E-state index contributed by atoms with van der Waals surface area (Å²) in [7, 11) is -3.46. The summed E-state index contributed by atoms with van der Waals surface area (Å²) < 4.78 is 31.0. The first kappa shape index (κ1) is 15.2. The number of nitrogens with two attached hydrogens (primary N) is 1. The molecule has 3 rings (SSSR count). The fourth-order valence-corrected chi connectivity index (χ4v) is 4.17. The standard InChI is InChI=1S/C17H19NO3S/c18-10-11-21-17-9-6-13-12-15(7-8-16(13)17)22(19,20)14-4-2-1-3-5-14/h1-5,7-8,12,17H,6,9-11,18H2. The van der Waals surface area contributed by atoms with Crippen LogP contribution in [0.15, 0.2) is 58.3 Å². The average Bonchev–Trinajstić information content (AvgIpc) is 2.96. The van der Waals surface area contributed by atoms with E-state index in [2.05, 4.69) is 0 Å². The van der Waals surface area contributed by atoms with Gasteiger partial charge in [0, 0.05) is 6.54 Å². The topological polar surface area (TPSA) is 69.4 Å². The van der Waals surface area contributed by atoms with Crippen molar-refractivity contribution in [2.45, 2.75) is 28.7 Å². The fraction of sp³-hybridized carbons (Fsp3) is 0.294. The van der Waals surface area contributed by atoms with Crippen LogP contribution in [-0.2, 0) is 21.0 Å². The smallest absolute Gasteiger partial charge is 0.206 e. The third-order valence-electron chi connectivity index (χ3n) is 3.94. The minimum atomic E-state index is -3.46. The zero-order valence-electron chi connectivity index (χ0n) is 12.2. The van der Waals surface area contributed by atoms with Gasteiger partial charge in [-0.25, -0.2) is 8.42 Å². The van der Waals surface area contributed by atoms with Crippen molar-refractivity contribution < 1.29 is 13.2 Å². The van der Waals surface area contributed by atoms with Gasteiger partial charge in [0.1, 0.15) is 0 Å². The van der Waals surface area contributed by atoms with Crippen molar-refractivity contribution in [1.29, 1.82) is 0 Å². The normalized spacial score (nSPS) is 17.4. The van der Waals surface area contributed by atoms with Gasteiger partial charge in [-0.2, -0.15) is 0 Å². The molecule has 0 saturated heterocycles. The quantitative estimate of drug-likeness (QED) is 0.920. The van der Waals surface area contributed by atoms with Crippen LogP contribution in [0.1, 0.15) is 23.7 Å². The number of benzene rings is 2. The predicted octanol–water partition coefficient (Wildman–Crippen LogP) is 2.48. The van der Waals surface area contributed by atoms with Crippen molar-refractivity contribution in [1.82, 2.24) is 0 Å². The molecule has 22 heavy (non-hydrogen) atoms. The van der Waals surface area contributed by atoms with E-state index in [1.807, 2.05) is 6.07 Å². The molecule has 0 fully saturated rings. The first-order chi connectivity index (χ1) is 10.6. The van der Waals surface area contributed by atoms with Crippen LogP contribution in [-0.4, -0.2) is 21.6 Å². The molecule has 1 aliphatic rings. The zero-order chi connectivity index (χ0) is 15.6. The molecule has 2 aromatic rings. The first-order valence-corrected chi connectivity index (χ1v) is 8.86. The Morgan fingerprint density at radius 1 is 1.09 bits per heavy atom. The van der Waals surface area contributed by atoms with Crippen LogP contribution in [0, 0.1) is 0 Å². The number of fused-ring (bicyclic) bond motifs is 1. The van der Waals surface area contributed by atoms with E-state index in [-0.39, 0.29) is 6.10 Å². The Kier molecular flexibility index (Phi) is 4.29. The maximum absolute atomic E-state index is 12.6. The van der Waals surface area contributed by atoms with Crippen molar-refractivity contribution in [3.05, 3.63) is 59.7 Å². The summed E-state index contributed by atoms with van der Waals surface area (Å²) in [5.41, 5.74) is 7.61. The Balaban J connectivity index is 1.92. The molecular weight excluding hydrogens is 298 g/mol. The molecule has 0 aromatic heterocycles. The summed E-state index contributed by atoms with van der Waals surface area (Å²) in [5, 5.41) is 0. The van der Waals surface area contributed by atoms with E-state index >= 15 is 0 Å². The third-order valence-corrected chi connectivity index (χ3v) is 5.71. The number of sulfone groups is 1. The Bertz CT molecular complexity index is 757. The van der Waals surface area contributed by atoms with Crippen molar-refractivity contribution in [3.63, 3.8) is 0 Å². The van der Waals surface area contributed by atoms with E-state index in [4.69, 9.17) is 10.5 Å². The molecule has 116 valence electrons. The number of hydrogen-bond donors (Lipinski definition) is 1. The lowest BCUT2D eigenvalue weighted by molar-refractivity contribution is 0.0597. The van der Waals surface area contributed by atoms with Gasteiger partial charge in [-0.3, -0.25) is 0 Å². The summed E-state index contributed by atoms with van der Waals surface area (Å²) in [4.78, 5) is 0.667. The summed E-state index contributed by atoms with van der Waals surface area (Å²) in [6, 6.07) is 13.8. The van der Waals surface area contributed by atoms with Gasteiger partial charge < -0.3 is 10.5 Å². The van der Waals surface area contributed by atoms with Crippen LogP contribution in [0.3, 0.4) is 0 Å². The largest absolute Gasteiger partial charge is 0.372 e. The Morgan fingerprint density at radius 2 is 1.86 bits per heavy atom. The highest BCUT2D eigenvalue weighted by atomic mass is 32.2. The highest BCUT2D eigenvalue weighted by molar-refractivity contribution is 7.91. The van der Waals surface area contributed by atoms with Gasteiger partial charge in [-0.1, -0.05) is 24.3 Å². The van der Waals surface area contributed by atoms with Crippen LogP contribution >= 0.6 is 0 Å². The number of aryl methyl sites for hydroxylation is 1. The SMILES string of the molecule is NCCOC1CCc2cc(S(=O)(=O)c3ccccc3)ccc21. The molecule has 0 aliphatic heterocycles. The minimum absolute atomic E-state index is 0.0343. The fourth-order valence-electron chi connectivity index (χ4n) is 2.84. The molecule has 0 spiro atoms. The van der Waals surface area contributed by atoms with E-state index in [1.54, 1.807) is 42.5 Å². The van der Waals surface area contributed by atoms with Crippen LogP contribution in [0.5, 0.6) is 0 Å². The molecule has 0 heterocycles. The predicted molar refractivity (Wildman–Crippen MR) is 84.4 cm³/mol. The molecule has 1 atom stereocenters. The molecular formula is C17H19NO3S. The molecule has 1 aliphatic carbocycles. The molecule has 0 saturated carbocycles. The summed E-state index contributed by atoms with van der Waals surface area (Å²) in [6.07, 6.45) is 1.75. The maximum atomic E-state index is 12.6. The second-order valence-electron chi connectivity index (χ2n) is 5.36. The van der Waals surface area contributed by atoms with E-state index in [0.717, 1.165) is 24.0 Å². The molecule has 5 heteroatoms. The summed E-state index contributed by atoms with van der Waals surface area (Å²) in [5.74, 6) is 0. The van der Waals surface area contributed by atoms with Gasteiger partial charge in [0.15, 0.2) is 0 Å². The Labute approximate surface area is 130 Å². The number of hydrogen-bond acceptors (Lipinski definition) is 4. The second-order valence-corrected chi connectivity index (χ2v) is 7.31. The maximum Gasteiger partial charge on any atom is 0.206 e. The van der Waals surface area contributed by atoms with Crippen LogP contribution in [0.25, 0.3) is 0 Å². The molecule has 2 aromatic carbocycles. The van der Waals surface area contributed by atoms with E-state index < -0.39 is 9.84 Å². The van der Waals surface area contributed by atoms with Crippen LogP contribution < -0.4 is 5.73 Å². The molecule has 1 unspecified atom stereocenters. The van der Waals surface area contributed by atoms with Crippen molar-refractivity contribution >= 4 is 9.84 Å². The van der Waals surface area contributed by atoms with Gasteiger partial charge >= 0.3 is 0 Å². The van der Waals surface area contributed by atoms with Crippen LogP contribution in [0.4, 0.5) is 0 Å². The molecule has 0 amide bonds. The van der Waals surface area contributed by atoms with Gasteiger partial charge in [-0.15, -0.1) is 0 Å². The van der Waals surface area contributed by atoms with Gasteiger partial charge in [-0.05, 0) is 48.2 Å². The van der Waals surface area contributed by atoms with Crippen LogP contribution in [0.2, 0.25) is 0 Å². The van der Waals surface area contributed by atoms with E-state index in [9.17, 15) is 8.42 Å². The number of ether oxygens (including phenoxy) is 1. The van der Waals surface area contributed by atoms with Crippen molar-refractivity contribution in [2.24, 2.45) is 5.73 Å². The number of rotatable bonds is 5. The van der Waals surface area contributed by atoms with Gasteiger partial charge in [0.2, 0.25) is 9.84 Å².